The van der Waals surface area contributed by atoms with Crippen LogP contribution >= 0.6 is 12.2 Å². The highest BCUT2D eigenvalue weighted by molar-refractivity contribution is 7.71. The van der Waals surface area contributed by atoms with Crippen molar-refractivity contribution in [2.45, 2.75) is 25.9 Å². The number of benzene rings is 1. The second kappa shape index (κ2) is 5.93. The summed E-state index contributed by atoms with van der Waals surface area (Å²) in [6.07, 6.45) is 1.97. The number of methoxy groups -OCH3 is 1. The van der Waals surface area contributed by atoms with Gasteiger partial charge in [0.15, 0.2) is 4.77 Å². The van der Waals surface area contributed by atoms with Gasteiger partial charge in [-0.2, -0.15) is 5.10 Å². The van der Waals surface area contributed by atoms with Gasteiger partial charge in [-0.3, -0.25) is 9.67 Å². The molecule has 0 radical (unpaired) electrons. The van der Waals surface area contributed by atoms with Crippen molar-refractivity contribution in [3.63, 3.8) is 0 Å². The van der Waals surface area contributed by atoms with E-state index in [-0.39, 0.29) is 6.10 Å². The average Bonchev–Trinajstić information content (AvgIpc) is 2.78. The molecular weight excluding hydrogens is 246 g/mol. The van der Waals surface area contributed by atoms with Gasteiger partial charge in [0.25, 0.3) is 0 Å². The largest absolute Gasteiger partial charge is 0.382 e. The Morgan fingerprint density at radius 1 is 1.39 bits per heavy atom. The van der Waals surface area contributed by atoms with Gasteiger partial charge in [0.05, 0.1) is 6.10 Å². The highest BCUT2D eigenvalue weighted by Crippen LogP contribution is 2.13. The molecule has 18 heavy (non-hydrogen) atoms. The van der Waals surface area contributed by atoms with Crippen LogP contribution in [0.4, 0.5) is 0 Å². The van der Waals surface area contributed by atoms with Crippen LogP contribution < -0.4 is 0 Å². The van der Waals surface area contributed by atoms with Gasteiger partial charge in [0.2, 0.25) is 0 Å². The molecule has 0 saturated carbocycles. The van der Waals surface area contributed by atoms with Gasteiger partial charge in [-0.15, -0.1) is 0 Å². The number of ether oxygens (including phenoxy) is 1. The van der Waals surface area contributed by atoms with Crippen LogP contribution in [0.25, 0.3) is 5.69 Å². The van der Waals surface area contributed by atoms with Crippen LogP contribution in [0.15, 0.2) is 30.3 Å². The maximum atomic E-state index is 5.28. The van der Waals surface area contributed by atoms with Crippen molar-refractivity contribution in [2.75, 3.05) is 7.11 Å². The van der Waals surface area contributed by atoms with E-state index in [4.69, 9.17) is 17.0 Å². The Hall–Kier alpha value is -1.46. The van der Waals surface area contributed by atoms with E-state index in [1.807, 2.05) is 41.8 Å². The van der Waals surface area contributed by atoms with E-state index in [1.165, 1.54) is 0 Å². The average molecular weight is 263 g/mol. The molecule has 0 aliphatic rings. The number of nitrogens with zero attached hydrogens (tertiary/aromatic N) is 2. The zero-order valence-corrected chi connectivity index (χ0v) is 11.4. The molecule has 1 aromatic carbocycles. The van der Waals surface area contributed by atoms with E-state index in [9.17, 15) is 0 Å². The molecule has 2 aromatic rings. The number of nitrogens with one attached hydrogen (secondary N) is 1. The Labute approximate surface area is 112 Å². The zero-order chi connectivity index (χ0) is 13.0. The van der Waals surface area contributed by atoms with Gasteiger partial charge in [-0.25, -0.2) is 0 Å². The lowest BCUT2D eigenvalue weighted by atomic mass is 10.2. The van der Waals surface area contributed by atoms with E-state index in [0.29, 0.717) is 4.77 Å². The van der Waals surface area contributed by atoms with Gasteiger partial charge in [-0.1, -0.05) is 18.2 Å². The molecule has 4 nitrogen and oxygen atoms in total. The standard InChI is InChI=1S/C13H17N3OS/c1-10(17-2)8-9-12-14-15-13(18)16(12)11-6-4-3-5-7-11/h3-7,10H,8-9H2,1-2H3,(H,15,18). The fourth-order valence-electron chi connectivity index (χ4n) is 1.79. The van der Waals surface area contributed by atoms with E-state index < -0.39 is 0 Å². The van der Waals surface area contributed by atoms with Crippen molar-refractivity contribution in [2.24, 2.45) is 0 Å². The summed E-state index contributed by atoms with van der Waals surface area (Å²) in [5, 5.41) is 7.14. The number of aromatic nitrogens is 3. The van der Waals surface area contributed by atoms with Gasteiger partial charge in [0.1, 0.15) is 5.82 Å². The summed E-state index contributed by atoms with van der Waals surface area (Å²) < 4.78 is 7.85. The molecule has 1 atom stereocenters. The number of hydrogen-bond acceptors (Lipinski definition) is 3. The van der Waals surface area contributed by atoms with Gasteiger partial charge in [-0.05, 0) is 37.7 Å². The third kappa shape index (κ3) is 2.86. The van der Waals surface area contributed by atoms with E-state index in [1.54, 1.807) is 7.11 Å². The summed E-state index contributed by atoms with van der Waals surface area (Å²) in [6, 6.07) is 10.0. The molecule has 0 amide bonds. The van der Waals surface area contributed by atoms with Crippen LogP contribution in [0.1, 0.15) is 19.2 Å². The topological polar surface area (TPSA) is 42.8 Å². The Morgan fingerprint density at radius 2 is 2.11 bits per heavy atom. The fraction of sp³-hybridized carbons (Fsp3) is 0.385. The first-order chi connectivity index (χ1) is 8.72. The van der Waals surface area contributed by atoms with Crippen molar-refractivity contribution in [1.82, 2.24) is 14.8 Å². The summed E-state index contributed by atoms with van der Waals surface area (Å²) in [4.78, 5) is 0. The lowest BCUT2D eigenvalue weighted by Crippen LogP contribution is -2.09. The van der Waals surface area contributed by atoms with E-state index in [2.05, 4.69) is 10.2 Å². The molecule has 0 bridgehead atoms. The van der Waals surface area contributed by atoms with Crippen LogP contribution in [0.5, 0.6) is 0 Å². The molecule has 1 heterocycles. The molecule has 96 valence electrons. The Morgan fingerprint density at radius 3 is 2.78 bits per heavy atom. The minimum Gasteiger partial charge on any atom is -0.382 e. The molecule has 0 spiro atoms. The zero-order valence-electron chi connectivity index (χ0n) is 10.6. The maximum absolute atomic E-state index is 5.28. The third-order valence-corrected chi connectivity index (χ3v) is 3.21. The third-order valence-electron chi connectivity index (χ3n) is 2.93. The van der Waals surface area contributed by atoms with Crippen LogP contribution in [-0.4, -0.2) is 28.0 Å². The van der Waals surface area contributed by atoms with Crippen LogP contribution in [0.2, 0.25) is 0 Å². The summed E-state index contributed by atoms with van der Waals surface area (Å²) in [6.45, 7) is 2.05. The number of H-pyrrole nitrogens is 1. The first-order valence-electron chi connectivity index (χ1n) is 5.97. The predicted molar refractivity (Wildman–Crippen MR) is 73.5 cm³/mol. The van der Waals surface area contributed by atoms with E-state index >= 15 is 0 Å². The molecule has 1 unspecified atom stereocenters. The Bertz CT molecular complexity index is 547. The van der Waals surface area contributed by atoms with Crippen molar-refractivity contribution >= 4 is 12.2 Å². The molecule has 1 N–H and O–H groups in total. The van der Waals surface area contributed by atoms with Crippen LogP contribution in [0.3, 0.4) is 0 Å². The first-order valence-corrected chi connectivity index (χ1v) is 6.37. The highest BCUT2D eigenvalue weighted by atomic mass is 32.1. The van der Waals surface area contributed by atoms with Crippen molar-refractivity contribution < 1.29 is 4.74 Å². The quantitative estimate of drug-likeness (QED) is 0.843. The Balaban J connectivity index is 2.26. The maximum Gasteiger partial charge on any atom is 0.199 e. The minimum absolute atomic E-state index is 0.222. The number of hydrogen-bond donors (Lipinski definition) is 1. The van der Waals surface area contributed by atoms with Gasteiger partial charge < -0.3 is 4.74 Å². The van der Waals surface area contributed by atoms with Crippen LogP contribution in [-0.2, 0) is 11.2 Å². The first kappa shape index (κ1) is 13.0. The fourth-order valence-corrected chi connectivity index (χ4v) is 2.05. The Kier molecular flexibility index (Phi) is 4.28. The summed E-state index contributed by atoms with van der Waals surface area (Å²) in [5.74, 6) is 0.940. The number of rotatable bonds is 5. The van der Waals surface area contributed by atoms with Crippen molar-refractivity contribution in [3.05, 3.63) is 40.9 Å². The molecule has 5 heteroatoms. The molecule has 0 aliphatic heterocycles. The van der Waals surface area contributed by atoms with Gasteiger partial charge >= 0.3 is 0 Å². The predicted octanol–water partition coefficient (Wildman–Crippen LogP) is 2.90. The molecule has 0 saturated heterocycles. The molecular formula is C13H17N3OS. The molecule has 1 aromatic heterocycles. The SMILES string of the molecule is COC(C)CCc1n[nH]c(=S)n1-c1ccccc1. The summed E-state index contributed by atoms with van der Waals surface area (Å²) >= 11 is 5.28. The summed E-state index contributed by atoms with van der Waals surface area (Å²) in [5.41, 5.74) is 1.04. The number of aromatic amines is 1. The second-order valence-corrected chi connectivity index (χ2v) is 4.59. The molecule has 2 rings (SSSR count). The number of aryl methyl sites for hydroxylation is 1. The normalized spacial score (nSPS) is 12.6. The van der Waals surface area contributed by atoms with Gasteiger partial charge in [0, 0.05) is 19.2 Å². The second-order valence-electron chi connectivity index (χ2n) is 4.20. The van der Waals surface area contributed by atoms with Crippen molar-refractivity contribution in [3.8, 4) is 5.69 Å². The van der Waals surface area contributed by atoms with Crippen molar-refractivity contribution in [1.29, 1.82) is 0 Å². The lowest BCUT2D eigenvalue weighted by Gasteiger charge is -2.10. The van der Waals surface area contributed by atoms with E-state index in [0.717, 1.165) is 24.4 Å². The summed E-state index contributed by atoms with van der Waals surface area (Å²) in [7, 11) is 1.72. The molecule has 0 fully saturated rings. The lowest BCUT2D eigenvalue weighted by molar-refractivity contribution is 0.110. The number of para-hydroxylation sites is 1. The molecule has 0 aliphatic carbocycles. The highest BCUT2D eigenvalue weighted by Gasteiger charge is 2.09. The smallest absolute Gasteiger partial charge is 0.199 e. The monoisotopic (exact) mass is 263 g/mol. The van der Waals surface area contributed by atoms with Crippen LogP contribution in [0, 0.1) is 4.77 Å². The minimum atomic E-state index is 0.222.